The lowest BCUT2D eigenvalue weighted by atomic mass is 9.78. The molecule has 3 aromatic carbocycles. The highest BCUT2D eigenvalue weighted by Gasteiger charge is 2.52. The third-order valence-electron chi connectivity index (χ3n) is 7.56. The number of rotatable bonds is 11. The first kappa shape index (κ1) is 35.3. The molecular weight excluding hydrogens is 650 g/mol. The summed E-state index contributed by atoms with van der Waals surface area (Å²) in [5.41, 5.74) is -2.87. The molecule has 5 aromatic rings. The Hall–Kier alpha value is -5.03. The average Bonchev–Trinajstić information content (AvgIpc) is 3.45. The van der Waals surface area contributed by atoms with Crippen LogP contribution in [0.25, 0.3) is 21.9 Å². The summed E-state index contributed by atoms with van der Waals surface area (Å²) in [5, 5.41) is 9.51. The Balaban J connectivity index is 1.49. The van der Waals surface area contributed by atoms with Gasteiger partial charge in [0.2, 0.25) is 0 Å². The lowest BCUT2D eigenvalue weighted by Gasteiger charge is -2.34. The highest BCUT2D eigenvalue weighted by Crippen LogP contribution is 2.37. The molecule has 0 saturated carbocycles. The number of ether oxygens (including phenoxy) is 3. The van der Waals surface area contributed by atoms with Crippen LogP contribution in [0.3, 0.4) is 0 Å². The molecule has 0 unspecified atom stereocenters. The lowest BCUT2D eigenvalue weighted by Crippen LogP contribution is -2.49. The molecule has 11 nitrogen and oxygen atoms in total. The molecule has 0 aliphatic heterocycles. The third kappa shape index (κ3) is 8.34. The Kier molecular flexibility index (Phi) is 9.96. The molecule has 0 N–H and O–H groups in total. The summed E-state index contributed by atoms with van der Waals surface area (Å²) in [6, 6.07) is 19.0. The quantitative estimate of drug-likeness (QED) is 0.0802. The number of hydrogen-bond donors (Lipinski definition) is 0. The Morgan fingerprint density at radius 2 is 1.55 bits per heavy atom. The van der Waals surface area contributed by atoms with Crippen LogP contribution in [-0.4, -0.2) is 43.9 Å². The molecule has 5 rings (SSSR count). The van der Waals surface area contributed by atoms with Crippen LogP contribution in [0.5, 0.6) is 5.75 Å². The average molecular weight is 688 g/mol. The van der Waals surface area contributed by atoms with Gasteiger partial charge in [0.05, 0.1) is 10.9 Å². The zero-order valence-corrected chi connectivity index (χ0v) is 29.0. The Bertz CT molecular complexity index is 2060. The first-order valence-corrected chi connectivity index (χ1v) is 16.1. The van der Waals surface area contributed by atoms with Crippen molar-refractivity contribution in [3.05, 3.63) is 99.5 Å². The van der Waals surface area contributed by atoms with Crippen LogP contribution in [0.15, 0.2) is 82.2 Å². The van der Waals surface area contributed by atoms with Crippen molar-refractivity contribution in [1.82, 2.24) is 15.0 Å². The van der Waals surface area contributed by atoms with E-state index in [1.54, 1.807) is 96.1 Å². The molecule has 49 heavy (non-hydrogen) atoms. The Morgan fingerprint density at radius 1 is 0.857 bits per heavy atom. The zero-order chi connectivity index (χ0) is 35.6. The molecule has 0 bridgehead atoms. The predicted octanol–water partition coefficient (Wildman–Crippen LogP) is 7.10. The van der Waals surface area contributed by atoms with Gasteiger partial charge in [0.25, 0.3) is 5.56 Å². The van der Waals surface area contributed by atoms with Gasteiger partial charge in [0.15, 0.2) is 11.2 Å². The van der Waals surface area contributed by atoms with E-state index in [1.165, 1.54) is 6.26 Å². The van der Waals surface area contributed by atoms with E-state index in [1.807, 2.05) is 12.1 Å². The number of esters is 2. The fourth-order valence-electron chi connectivity index (χ4n) is 5.22. The fourth-order valence-corrected chi connectivity index (χ4v) is 5.43. The zero-order valence-electron chi connectivity index (χ0n) is 28.2. The predicted molar refractivity (Wildman–Crippen MR) is 183 cm³/mol. The van der Waals surface area contributed by atoms with E-state index in [9.17, 15) is 19.2 Å². The number of furan rings is 1. The minimum Gasteiger partial charge on any atom is -0.489 e. The van der Waals surface area contributed by atoms with Crippen LogP contribution in [0.1, 0.15) is 70.3 Å². The standard InChI is InChI=1S/C37H38ClN3O8/c1-35(2,3)48-33(44)37(34(45)49-36(4,5)6,16-17-41-32(43)27-12-7-8-13-29(27)39-40-41)20-30(42)28-22-47-31-19-25(14-15-26(28)31)46-21-23-10-9-11-24(38)18-23/h7-15,18-19,22H,16-17,20-21H2,1-6H3. The van der Waals surface area contributed by atoms with Crippen molar-refractivity contribution in [2.24, 2.45) is 5.41 Å². The summed E-state index contributed by atoms with van der Waals surface area (Å²) in [6.45, 7) is 9.95. The van der Waals surface area contributed by atoms with Crippen LogP contribution in [0.2, 0.25) is 5.02 Å². The van der Waals surface area contributed by atoms with Gasteiger partial charge in [-0.15, -0.1) is 5.10 Å². The molecule has 0 fully saturated rings. The second-order valence-corrected chi connectivity index (χ2v) is 14.2. The van der Waals surface area contributed by atoms with Gasteiger partial charge in [0.1, 0.15) is 40.9 Å². The molecule has 12 heteroatoms. The minimum absolute atomic E-state index is 0.149. The normalized spacial score (nSPS) is 12.2. The van der Waals surface area contributed by atoms with Crippen LogP contribution < -0.4 is 10.3 Å². The van der Waals surface area contributed by atoms with Gasteiger partial charge in [0, 0.05) is 29.4 Å². The van der Waals surface area contributed by atoms with Gasteiger partial charge in [-0.3, -0.25) is 19.2 Å². The molecular formula is C37H38ClN3O8. The number of aryl methyl sites for hydroxylation is 1. The Morgan fingerprint density at radius 3 is 2.22 bits per heavy atom. The van der Waals surface area contributed by atoms with Crippen molar-refractivity contribution in [1.29, 1.82) is 0 Å². The molecule has 0 aliphatic rings. The van der Waals surface area contributed by atoms with Crippen LogP contribution >= 0.6 is 11.6 Å². The minimum atomic E-state index is -2.16. The van der Waals surface area contributed by atoms with Gasteiger partial charge < -0.3 is 18.6 Å². The maximum Gasteiger partial charge on any atom is 0.324 e. The largest absolute Gasteiger partial charge is 0.489 e. The first-order chi connectivity index (χ1) is 23.0. The second-order valence-electron chi connectivity index (χ2n) is 13.8. The number of fused-ring (bicyclic) bond motifs is 2. The van der Waals surface area contributed by atoms with E-state index < -0.39 is 46.3 Å². The molecule has 0 saturated heterocycles. The van der Waals surface area contributed by atoms with Gasteiger partial charge in [-0.1, -0.05) is 41.1 Å². The molecule has 256 valence electrons. The van der Waals surface area contributed by atoms with E-state index >= 15 is 0 Å². The number of carbonyl (C=O) groups is 3. The highest BCUT2D eigenvalue weighted by atomic mass is 35.5. The summed E-state index contributed by atoms with van der Waals surface area (Å²) < 4.78 is 24.2. The maximum absolute atomic E-state index is 14.1. The molecule has 2 aromatic heterocycles. The molecule has 0 aliphatic carbocycles. The molecule has 0 radical (unpaired) electrons. The fraction of sp³-hybridized carbons (Fsp3) is 0.351. The summed E-state index contributed by atoms with van der Waals surface area (Å²) >= 11 is 6.08. The van der Waals surface area contributed by atoms with Crippen molar-refractivity contribution in [2.45, 2.75) is 78.7 Å². The monoisotopic (exact) mass is 687 g/mol. The van der Waals surface area contributed by atoms with Crippen molar-refractivity contribution in [3.8, 4) is 5.75 Å². The van der Waals surface area contributed by atoms with Gasteiger partial charge >= 0.3 is 11.9 Å². The smallest absolute Gasteiger partial charge is 0.324 e. The second kappa shape index (κ2) is 13.8. The van der Waals surface area contributed by atoms with Crippen LogP contribution in [-0.2, 0) is 32.2 Å². The number of nitrogens with zero attached hydrogens (tertiary/aromatic N) is 3. The lowest BCUT2D eigenvalue weighted by molar-refractivity contribution is -0.186. The summed E-state index contributed by atoms with van der Waals surface area (Å²) in [4.78, 5) is 55.6. The summed E-state index contributed by atoms with van der Waals surface area (Å²) in [7, 11) is 0. The highest BCUT2D eigenvalue weighted by molar-refractivity contribution is 6.30. The van der Waals surface area contributed by atoms with E-state index in [0.29, 0.717) is 32.6 Å². The van der Waals surface area contributed by atoms with Gasteiger partial charge in [-0.2, -0.15) is 0 Å². The number of ketones is 1. The number of Topliss-reactive ketones (excluding diaryl/α,β-unsaturated/α-hetero) is 1. The van der Waals surface area contributed by atoms with Gasteiger partial charge in [-0.25, -0.2) is 4.68 Å². The molecule has 0 amide bonds. The summed E-state index contributed by atoms with van der Waals surface area (Å²) in [6.07, 6.45) is 0.309. The van der Waals surface area contributed by atoms with Crippen molar-refractivity contribution >= 4 is 51.2 Å². The van der Waals surface area contributed by atoms with Crippen molar-refractivity contribution < 1.29 is 33.0 Å². The number of carbonyl (C=O) groups excluding carboxylic acids is 3. The summed E-state index contributed by atoms with van der Waals surface area (Å²) in [5.74, 6) is -2.00. The molecule has 0 spiro atoms. The van der Waals surface area contributed by atoms with E-state index in [-0.39, 0.29) is 25.1 Å². The van der Waals surface area contributed by atoms with Crippen molar-refractivity contribution in [3.63, 3.8) is 0 Å². The molecule has 0 atom stereocenters. The number of aromatic nitrogens is 3. The Labute approximate surface area is 288 Å². The third-order valence-corrected chi connectivity index (χ3v) is 7.80. The SMILES string of the molecule is CC(C)(C)OC(=O)C(CCn1nnc2ccccc2c1=O)(CC(=O)c1coc2cc(OCc3cccc(Cl)c3)ccc12)C(=O)OC(C)(C)C. The van der Waals surface area contributed by atoms with E-state index in [2.05, 4.69) is 10.3 Å². The van der Waals surface area contributed by atoms with Crippen LogP contribution in [0.4, 0.5) is 0 Å². The van der Waals surface area contributed by atoms with Crippen LogP contribution in [0, 0.1) is 5.41 Å². The molecule has 2 heterocycles. The number of benzene rings is 3. The van der Waals surface area contributed by atoms with Gasteiger partial charge in [-0.05, 0) is 89.9 Å². The van der Waals surface area contributed by atoms with Crippen molar-refractivity contribution in [2.75, 3.05) is 0 Å². The van der Waals surface area contributed by atoms with E-state index in [4.69, 9.17) is 30.2 Å². The first-order valence-electron chi connectivity index (χ1n) is 15.8. The topological polar surface area (TPSA) is 140 Å². The maximum atomic E-state index is 14.1. The van der Waals surface area contributed by atoms with E-state index in [0.717, 1.165) is 10.2 Å². The number of hydrogen-bond acceptors (Lipinski definition) is 10. The number of halogens is 1.